The molecule has 14 heteroatoms. The Kier molecular flexibility index (Phi) is 8.89. The third-order valence-corrected chi connectivity index (χ3v) is 7.06. The molecule has 0 saturated heterocycles. The van der Waals surface area contributed by atoms with Crippen LogP contribution >= 0.6 is 0 Å². The van der Waals surface area contributed by atoms with Gasteiger partial charge >= 0.3 is 0 Å². The molecule has 0 aliphatic heterocycles. The fourth-order valence-corrected chi connectivity index (χ4v) is 4.56. The highest BCUT2D eigenvalue weighted by Crippen LogP contribution is 2.29. The number of anilines is 1. The molecule has 0 aromatic carbocycles. The molecular formula is C23H30N8O5S. The second-order valence-electron chi connectivity index (χ2n) is 7.86. The molecule has 0 spiro atoms. The SMILES string of the molecule is CC=N/C(OC)=C(\C)n1c(NS(=O)(=O)[C@@H](C)[C@H](OC)c2ncc(C)cn2)nnc1-c1cccc(OC)n1. The average Bonchev–Trinajstić information content (AvgIpc) is 3.31. The van der Waals surface area contributed by atoms with Crippen LogP contribution in [0.4, 0.5) is 5.95 Å². The first-order valence-corrected chi connectivity index (χ1v) is 12.7. The third kappa shape index (κ3) is 6.09. The Hall–Kier alpha value is -3.91. The van der Waals surface area contributed by atoms with Crippen LogP contribution in [0.1, 0.15) is 38.3 Å². The van der Waals surface area contributed by atoms with Crippen molar-refractivity contribution in [3.05, 3.63) is 47.9 Å². The summed E-state index contributed by atoms with van der Waals surface area (Å²) in [7, 11) is 0.254. The maximum atomic E-state index is 13.5. The molecule has 1 N–H and O–H groups in total. The summed E-state index contributed by atoms with van der Waals surface area (Å²) in [5.74, 6) is 0.966. The number of rotatable bonds is 11. The molecule has 13 nitrogen and oxygen atoms in total. The summed E-state index contributed by atoms with van der Waals surface area (Å²) in [4.78, 5) is 17.1. The van der Waals surface area contributed by atoms with Gasteiger partial charge in [-0.3, -0.25) is 9.29 Å². The van der Waals surface area contributed by atoms with Crippen molar-refractivity contribution in [2.45, 2.75) is 39.0 Å². The van der Waals surface area contributed by atoms with Gasteiger partial charge in [0.2, 0.25) is 27.7 Å². The monoisotopic (exact) mass is 530 g/mol. The van der Waals surface area contributed by atoms with Crippen molar-refractivity contribution in [3.8, 4) is 17.4 Å². The van der Waals surface area contributed by atoms with E-state index in [0.717, 1.165) is 5.56 Å². The van der Waals surface area contributed by atoms with E-state index in [1.165, 1.54) is 32.8 Å². The van der Waals surface area contributed by atoms with Crippen LogP contribution in [0.15, 0.2) is 41.5 Å². The summed E-state index contributed by atoms with van der Waals surface area (Å²) in [6, 6.07) is 5.11. The third-order valence-electron chi connectivity index (χ3n) is 5.37. The largest absolute Gasteiger partial charge is 0.481 e. The highest BCUT2D eigenvalue weighted by atomic mass is 32.2. The van der Waals surface area contributed by atoms with Gasteiger partial charge in [0.15, 0.2) is 11.6 Å². The Morgan fingerprint density at radius 2 is 1.86 bits per heavy atom. The van der Waals surface area contributed by atoms with Gasteiger partial charge < -0.3 is 14.2 Å². The Bertz CT molecular complexity index is 1390. The molecule has 0 aliphatic rings. The maximum Gasteiger partial charge on any atom is 0.243 e. The van der Waals surface area contributed by atoms with E-state index in [-0.39, 0.29) is 23.5 Å². The standard InChI is InChI=1S/C23H30N8O5S/c1-8-24-22(36-7)15(3)31-21(17-10-9-11-18(27-17)34-5)28-29-23(31)30-37(32,33)16(4)19(35-6)20-25-12-14(2)13-26-20/h8-13,16,19H,1-7H3,(H,29,30)/b22-15-,24-8?/t16-,19-/m0/s1. The van der Waals surface area contributed by atoms with Crippen molar-refractivity contribution in [1.82, 2.24) is 29.7 Å². The topological polar surface area (TPSA) is 156 Å². The fourth-order valence-electron chi connectivity index (χ4n) is 3.43. The van der Waals surface area contributed by atoms with E-state index >= 15 is 0 Å². The van der Waals surface area contributed by atoms with Gasteiger partial charge in [0.1, 0.15) is 17.0 Å². The van der Waals surface area contributed by atoms with Gasteiger partial charge in [-0.15, -0.1) is 10.2 Å². The van der Waals surface area contributed by atoms with Crippen molar-refractivity contribution >= 4 is 27.9 Å². The molecule has 3 heterocycles. The lowest BCUT2D eigenvalue weighted by atomic mass is 10.2. The summed E-state index contributed by atoms with van der Waals surface area (Å²) in [6.07, 6.45) is 3.80. The molecule has 37 heavy (non-hydrogen) atoms. The number of aliphatic imine (C=N–C) groups is 1. The highest BCUT2D eigenvalue weighted by molar-refractivity contribution is 7.93. The van der Waals surface area contributed by atoms with Crippen LogP contribution in [0.2, 0.25) is 0 Å². The van der Waals surface area contributed by atoms with Gasteiger partial charge in [-0.2, -0.15) is 0 Å². The molecule has 0 saturated carbocycles. The van der Waals surface area contributed by atoms with Gasteiger partial charge in [-0.25, -0.2) is 28.4 Å². The van der Waals surface area contributed by atoms with E-state index in [2.05, 4.69) is 34.9 Å². The first-order valence-electron chi connectivity index (χ1n) is 11.2. The van der Waals surface area contributed by atoms with E-state index in [1.807, 2.05) is 6.92 Å². The van der Waals surface area contributed by atoms with Crippen LogP contribution < -0.4 is 9.46 Å². The van der Waals surface area contributed by atoms with Gasteiger partial charge in [0, 0.05) is 31.8 Å². The number of aryl methyl sites for hydroxylation is 1. The lowest BCUT2D eigenvalue weighted by Crippen LogP contribution is -2.33. The van der Waals surface area contributed by atoms with Crippen LogP contribution in [0, 0.1) is 6.92 Å². The van der Waals surface area contributed by atoms with Crippen LogP contribution in [0.3, 0.4) is 0 Å². The van der Waals surface area contributed by atoms with Crippen molar-refractivity contribution in [2.24, 2.45) is 4.99 Å². The van der Waals surface area contributed by atoms with Crippen molar-refractivity contribution in [2.75, 3.05) is 26.1 Å². The molecule has 0 fully saturated rings. The maximum absolute atomic E-state index is 13.5. The van der Waals surface area contributed by atoms with Crippen LogP contribution in [-0.2, 0) is 19.5 Å². The summed E-state index contributed by atoms with van der Waals surface area (Å²) in [6.45, 7) is 6.75. The lowest BCUT2D eigenvalue weighted by Gasteiger charge is -2.22. The van der Waals surface area contributed by atoms with Crippen LogP contribution in [0.25, 0.3) is 17.2 Å². The van der Waals surface area contributed by atoms with Gasteiger partial charge in [0.05, 0.1) is 19.9 Å². The van der Waals surface area contributed by atoms with E-state index in [4.69, 9.17) is 14.2 Å². The number of sulfonamides is 1. The van der Waals surface area contributed by atoms with E-state index in [9.17, 15) is 8.42 Å². The molecule has 0 bridgehead atoms. The minimum absolute atomic E-state index is 0.0931. The first-order chi connectivity index (χ1) is 17.7. The van der Waals surface area contributed by atoms with Gasteiger partial charge in [-0.1, -0.05) is 6.07 Å². The summed E-state index contributed by atoms with van der Waals surface area (Å²) < 4.78 is 47.1. The van der Waals surface area contributed by atoms with Crippen LogP contribution in [0.5, 0.6) is 5.88 Å². The van der Waals surface area contributed by atoms with Gasteiger partial charge in [-0.05, 0) is 39.3 Å². The quantitative estimate of drug-likeness (QED) is 0.289. The van der Waals surface area contributed by atoms with Crippen molar-refractivity contribution in [1.29, 1.82) is 0 Å². The minimum Gasteiger partial charge on any atom is -0.481 e. The zero-order chi connectivity index (χ0) is 27.2. The van der Waals surface area contributed by atoms with Crippen molar-refractivity contribution < 1.29 is 22.6 Å². The van der Waals surface area contributed by atoms with E-state index < -0.39 is 21.4 Å². The Morgan fingerprint density at radius 1 is 1.16 bits per heavy atom. The second kappa shape index (κ2) is 11.9. The number of nitrogens with zero attached hydrogens (tertiary/aromatic N) is 7. The normalized spacial score (nSPS) is 14.2. The molecule has 3 aromatic rings. The number of allylic oxidation sites excluding steroid dienone is 1. The summed E-state index contributed by atoms with van der Waals surface area (Å²) in [5, 5.41) is 7.22. The molecule has 198 valence electrons. The number of hydrogen-bond acceptors (Lipinski definition) is 11. The van der Waals surface area contributed by atoms with E-state index in [0.29, 0.717) is 17.3 Å². The smallest absolute Gasteiger partial charge is 0.243 e. The van der Waals surface area contributed by atoms with Crippen molar-refractivity contribution in [3.63, 3.8) is 0 Å². The predicted octanol–water partition coefficient (Wildman–Crippen LogP) is 2.85. The van der Waals surface area contributed by atoms with Crippen LogP contribution in [-0.4, -0.2) is 70.9 Å². The van der Waals surface area contributed by atoms with E-state index in [1.54, 1.807) is 50.7 Å². The molecule has 3 aromatic heterocycles. The zero-order valence-corrected chi connectivity index (χ0v) is 22.5. The fraction of sp³-hybridized carbons (Fsp3) is 0.391. The molecule has 0 amide bonds. The number of pyridine rings is 1. The number of methoxy groups -OCH3 is 3. The lowest BCUT2D eigenvalue weighted by molar-refractivity contribution is 0.0949. The zero-order valence-electron chi connectivity index (χ0n) is 21.7. The number of hydrogen-bond donors (Lipinski definition) is 1. The Balaban J connectivity index is 2.10. The number of nitrogens with one attached hydrogen (secondary N) is 1. The summed E-state index contributed by atoms with van der Waals surface area (Å²) >= 11 is 0. The minimum atomic E-state index is -4.09. The molecule has 0 aliphatic carbocycles. The number of ether oxygens (including phenoxy) is 3. The predicted molar refractivity (Wildman–Crippen MR) is 138 cm³/mol. The first kappa shape index (κ1) is 27.7. The Labute approximate surface area is 215 Å². The Morgan fingerprint density at radius 3 is 2.46 bits per heavy atom. The summed E-state index contributed by atoms with van der Waals surface area (Å²) in [5.41, 5.74) is 1.65. The molecule has 3 rings (SSSR count). The molecule has 0 unspecified atom stereocenters. The van der Waals surface area contributed by atoms with Gasteiger partial charge in [0.25, 0.3) is 0 Å². The highest BCUT2D eigenvalue weighted by Gasteiger charge is 2.34. The molecule has 2 atom stereocenters. The number of aromatic nitrogens is 6. The molecular weight excluding hydrogens is 500 g/mol. The molecule has 0 radical (unpaired) electrons. The second-order valence-corrected chi connectivity index (χ2v) is 9.89. The average molecular weight is 531 g/mol.